The van der Waals surface area contributed by atoms with Gasteiger partial charge in [0.15, 0.2) is 6.61 Å². The zero-order chi connectivity index (χ0) is 18.4. The van der Waals surface area contributed by atoms with Crippen LogP contribution in [0.1, 0.15) is 10.4 Å². The second-order valence-electron chi connectivity index (χ2n) is 5.54. The van der Waals surface area contributed by atoms with Crippen LogP contribution in [0.3, 0.4) is 0 Å². The Kier molecular flexibility index (Phi) is 5.81. The summed E-state index contributed by atoms with van der Waals surface area (Å²) in [4.78, 5) is 24.4. The van der Waals surface area contributed by atoms with Gasteiger partial charge in [-0.1, -0.05) is 64.5 Å². The summed E-state index contributed by atoms with van der Waals surface area (Å²) in [5.41, 5.74) is 2.75. The fourth-order valence-electron chi connectivity index (χ4n) is 2.47. The van der Waals surface area contributed by atoms with Crippen LogP contribution in [-0.2, 0) is 9.53 Å². The first-order chi connectivity index (χ1) is 12.6. The number of halogens is 1. The van der Waals surface area contributed by atoms with Gasteiger partial charge in [-0.3, -0.25) is 4.79 Å². The van der Waals surface area contributed by atoms with Crippen molar-refractivity contribution in [3.05, 3.63) is 88.9 Å². The maximum atomic E-state index is 12.4. The van der Waals surface area contributed by atoms with Crippen LogP contribution in [-0.4, -0.2) is 18.5 Å². The van der Waals surface area contributed by atoms with Crippen LogP contribution >= 0.6 is 15.9 Å². The number of carbonyl (C=O) groups excluding carboxylic acids is 2. The van der Waals surface area contributed by atoms with E-state index in [1.54, 1.807) is 24.3 Å². The van der Waals surface area contributed by atoms with E-state index in [1.807, 2.05) is 54.6 Å². The number of nitrogens with one attached hydrogen (secondary N) is 1. The van der Waals surface area contributed by atoms with Crippen molar-refractivity contribution in [1.82, 2.24) is 0 Å². The van der Waals surface area contributed by atoms with Gasteiger partial charge in [-0.25, -0.2) is 4.79 Å². The fraction of sp³-hybridized carbons (Fsp3) is 0.0476. The summed E-state index contributed by atoms with van der Waals surface area (Å²) >= 11 is 3.33. The van der Waals surface area contributed by atoms with Crippen LogP contribution in [0.5, 0.6) is 0 Å². The molecule has 0 saturated carbocycles. The second kappa shape index (κ2) is 8.45. The van der Waals surface area contributed by atoms with Gasteiger partial charge in [0.1, 0.15) is 0 Å². The van der Waals surface area contributed by atoms with Crippen molar-refractivity contribution in [3.63, 3.8) is 0 Å². The molecule has 0 aliphatic carbocycles. The first-order valence-electron chi connectivity index (χ1n) is 8.00. The predicted molar refractivity (Wildman–Crippen MR) is 105 cm³/mol. The lowest BCUT2D eigenvalue weighted by molar-refractivity contribution is -0.119. The highest BCUT2D eigenvalue weighted by molar-refractivity contribution is 9.10. The quantitative estimate of drug-likeness (QED) is 0.608. The molecular weight excluding hydrogens is 394 g/mol. The summed E-state index contributed by atoms with van der Waals surface area (Å²) in [5, 5.41) is 2.69. The molecule has 0 aliphatic heterocycles. The number of hydrogen-bond acceptors (Lipinski definition) is 3. The molecule has 1 N–H and O–H groups in total. The Morgan fingerprint density at radius 2 is 1.50 bits per heavy atom. The Morgan fingerprint density at radius 1 is 0.846 bits per heavy atom. The molecule has 0 fully saturated rings. The van der Waals surface area contributed by atoms with Crippen LogP contribution < -0.4 is 5.32 Å². The summed E-state index contributed by atoms with van der Waals surface area (Å²) in [6, 6.07) is 23.9. The third kappa shape index (κ3) is 4.58. The van der Waals surface area contributed by atoms with E-state index in [4.69, 9.17) is 4.74 Å². The number of ether oxygens (including phenoxy) is 1. The highest BCUT2D eigenvalue weighted by Gasteiger charge is 2.15. The monoisotopic (exact) mass is 409 g/mol. The van der Waals surface area contributed by atoms with E-state index in [2.05, 4.69) is 21.2 Å². The summed E-state index contributed by atoms with van der Waals surface area (Å²) in [5.74, 6) is -0.923. The summed E-state index contributed by atoms with van der Waals surface area (Å²) in [6.07, 6.45) is 0. The molecule has 0 bridgehead atoms. The third-order valence-corrected chi connectivity index (χ3v) is 4.22. The Hall–Kier alpha value is -2.92. The average Bonchev–Trinajstić information content (AvgIpc) is 2.68. The van der Waals surface area contributed by atoms with Gasteiger partial charge < -0.3 is 10.1 Å². The molecule has 4 nitrogen and oxygen atoms in total. The lowest BCUT2D eigenvalue weighted by atomic mass is 10.00. The molecule has 0 heterocycles. The van der Waals surface area contributed by atoms with Crippen molar-refractivity contribution in [3.8, 4) is 11.1 Å². The van der Waals surface area contributed by atoms with E-state index < -0.39 is 11.9 Å². The molecule has 3 aromatic carbocycles. The Labute approximate surface area is 159 Å². The first-order valence-corrected chi connectivity index (χ1v) is 8.80. The zero-order valence-electron chi connectivity index (χ0n) is 13.8. The van der Waals surface area contributed by atoms with Crippen LogP contribution in [0.25, 0.3) is 11.1 Å². The molecule has 0 spiro atoms. The number of esters is 1. The first kappa shape index (κ1) is 17.9. The average molecular weight is 410 g/mol. The molecule has 0 atom stereocenters. The fourth-order valence-corrected chi connectivity index (χ4v) is 2.73. The van der Waals surface area contributed by atoms with Gasteiger partial charge in [0.05, 0.1) is 5.56 Å². The van der Waals surface area contributed by atoms with Crippen molar-refractivity contribution >= 4 is 33.5 Å². The molecule has 3 rings (SSSR count). The van der Waals surface area contributed by atoms with E-state index in [1.165, 1.54) is 0 Å². The minimum absolute atomic E-state index is 0.349. The van der Waals surface area contributed by atoms with E-state index in [0.29, 0.717) is 11.3 Å². The van der Waals surface area contributed by atoms with Crippen LogP contribution in [0.15, 0.2) is 83.3 Å². The standard InChI is InChI=1S/C21H16BrNO3/c22-16-10-12-17(13-11-16)23-20(24)14-26-21(25)19-9-5-4-8-18(19)15-6-2-1-3-7-15/h1-13H,14H2,(H,23,24). The highest BCUT2D eigenvalue weighted by atomic mass is 79.9. The molecule has 0 unspecified atom stereocenters. The van der Waals surface area contributed by atoms with Crippen molar-refractivity contribution < 1.29 is 14.3 Å². The second-order valence-corrected chi connectivity index (χ2v) is 6.46. The molecule has 130 valence electrons. The van der Waals surface area contributed by atoms with Crippen LogP contribution in [0.2, 0.25) is 0 Å². The van der Waals surface area contributed by atoms with Crippen molar-refractivity contribution in [2.75, 3.05) is 11.9 Å². The van der Waals surface area contributed by atoms with Crippen LogP contribution in [0.4, 0.5) is 5.69 Å². The Balaban J connectivity index is 1.65. The predicted octanol–water partition coefficient (Wildman–Crippen LogP) is 4.91. The third-order valence-electron chi connectivity index (χ3n) is 3.69. The highest BCUT2D eigenvalue weighted by Crippen LogP contribution is 2.24. The molecular formula is C21H16BrNO3. The van der Waals surface area contributed by atoms with Crippen molar-refractivity contribution in [2.45, 2.75) is 0 Å². The van der Waals surface area contributed by atoms with Gasteiger partial charge in [0.25, 0.3) is 5.91 Å². The van der Waals surface area contributed by atoms with Gasteiger partial charge in [0.2, 0.25) is 0 Å². The lowest BCUT2D eigenvalue weighted by Crippen LogP contribution is -2.21. The number of hydrogen-bond donors (Lipinski definition) is 1. The molecule has 0 aromatic heterocycles. The number of benzene rings is 3. The summed E-state index contributed by atoms with van der Waals surface area (Å²) < 4.78 is 6.10. The molecule has 3 aromatic rings. The maximum Gasteiger partial charge on any atom is 0.339 e. The largest absolute Gasteiger partial charge is 0.452 e. The number of rotatable bonds is 5. The van der Waals surface area contributed by atoms with E-state index in [0.717, 1.165) is 15.6 Å². The summed E-state index contributed by atoms with van der Waals surface area (Å²) in [7, 11) is 0. The van der Waals surface area contributed by atoms with Crippen molar-refractivity contribution in [1.29, 1.82) is 0 Å². The van der Waals surface area contributed by atoms with E-state index in [-0.39, 0.29) is 6.61 Å². The van der Waals surface area contributed by atoms with E-state index >= 15 is 0 Å². The number of amides is 1. The topological polar surface area (TPSA) is 55.4 Å². The molecule has 0 radical (unpaired) electrons. The molecule has 1 amide bonds. The SMILES string of the molecule is O=C(COC(=O)c1ccccc1-c1ccccc1)Nc1ccc(Br)cc1. The van der Waals surface area contributed by atoms with E-state index in [9.17, 15) is 9.59 Å². The maximum absolute atomic E-state index is 12.4. The number of carbonyl (C=O) groups is 2. The Bertz CT molecular complexity index is 908. The van der Waals surface area contributed by atoms with Crippen LogP contribution in [0, 0.1) is 0 Å². The van der Waals surface area contributed by atoms with Gasteiger partial charge in [0, 0.05) is 10.2 Å². The zero-order valence-corrected chi connectivity index (χ0v) is 15.4. The number of anilines is 1. The molecule has 0 saturated heterocycles. The van der Waals surface area contributed by atoms with Gasteiger partial charge in [-0.05, 0) is 41.5 Å². The minimum atomic E-state index is -0.532. The van der Waals surface area contributed by atoms with Gasteiger partial charge in [-0.2, -0.15) is 0 Å². The van der Waals surface area contributed by atoms with Gasteiger partial charge in [-0.15, -0.1) is 0 Å². The molecule has 26 heavy (non-hydrogen) atoms. The summed E-state index contributed by atoms with van der Waals surface area (Å²) in [6.45, 7) is -0.349. The smallest absolute Gasteiger partial charge is 0.339 e. The normalized spacial score (nSPS) is 10.2. The molecule has 5 heteroatoms. The lowest BCUT2D eigenvalue weighted by Gasteiger charge is -2.10. The minimum Gasteiger partial charge on any atom is -0.452 e. The molecule has 0 aliphatic rings. The van der Waals surface area contributed by atoms with Gasteiger partial charge >= 0.3 is 5.97 Å². The Morgan fingerprint density at radius 3 is 2.23 bits per heavy atom. The van der Waals surface area contributed by atoms with Crippen molar-refractivity contribution in [2.24, 2.45) is 0 Å².